The molecule has 0 aliphatic carbocycles. The Hall–Kier alpha value is -2.06. The van der Waals surface area contributed by atoms with E-state index in [0.717, 1.165) is 18.7 Å². The minimum absolute atomic E-state index is 0.111. The molecule has 0 radical (unpaired) electrons. The van der Waals surface area contributed by atoms with E-state index in [1.54, 1.807) is 0 Å². The molecule has 94 valence electrons. The Morgan fingerprint density at radius 2 is 1.89 bits per heavy atom. The monoisotopic (exact) mass is 249 g/mol. The summed E-state index contributed by atoms with van der Waals surface area (Å²) in [6, 6.07) is 17.1. The number of aromatic nitrogens is 1. The second-order valence-corrected chi connectivity index (χ2v) is 5.09. The quantitative estimate of drug-likeness (QED) is 0.703. The third-order valence-corrected chi connectivity index (χ3v) is 4.11. The van der Waals surface area contributed by atoms with E-state index >= 15 is 0 Å². The van der Waals surface area contributed by atoms with Crippen molar-refractivity contribution < 1.29 is 5.11 Å². The lowest BCUT2D eigenvalue weighted by Crippen LogP contribution is -2.13. The molecule has 0 saturated carbocycles. The summed E-state index contributed by atoms with van der Waals surface area (Å²) in [4.78, 5) is 0. The van der Waals surface area contributed by atoms with Crippen LogP contribution < -0.4 is 0 Å². The first-order valence-electron chi connectivity index (χ1n) is 6.69. The fourth-order valence-electron chi connectivity index (χ4n) is 3.19. The largest absolute Gasteiger partial charge is 0.390 e. The number of aliphatic hydroxyl groups is 1. The fraction of sp³-hybridized carbons (Fsp3) is 0.176. The van der Waals surface area contributed by atoms with Gasteiger partial charge in [-0.05, 0) is 34.9 Å². The molecule has 1 N–H and O–H groups in total. The Bertz CT molecular complexity index is 770. The Balaban J connectivity index is 2.09. The summed E-state index contributed by atoms with van der Waals surface area (Å²) in [5, 5.41) is 12.0. The zero-order chi connectivity index (χ0) is 12.8. The smallest absolute Gasteiger partial charge is 0.0833 e. The van der Waals surface area contributed by atoms with Crippen molar-refractivity contribution in [3.63, 3.8) is 0 Å². The van der Waals surface area contributed by atoms with Crippen LogP contribution >= 0.6 is 0 Å². The van der Waals surface area contributed by atoms with Crippen LogP contribution in [0.1, 0.15) is 11.3 Å². The first-order chi connectivity index (χ1) is 9.38. The molecule has 1 aromatic heterocycles. The third kappa shape index (κ3) is 1.47. The van der Waals surface area contributed by atoms with Gasteiger partial charge in [0, 0.05) is 23.5 Å². The molecular formula is C17H15NO. The van der Waals surface area contributed by atoms with Gasteiger partial charge in [0.25, 0.3) is 0 Å². The lowest BCUT2D eigenvalue weighted by Gasteiger charge is -2.22. The highest BCUT2D eigenvalue weighted by Gasteiger charge is 2.19. The van der Waals surface area contributed by atoms with Gasteiger partial charge in [0.15, 0.2) is 0 Å². The van der Waals surface area contributed by atoms with Crippen LogP contribution in [0.25, 0.3) is 22.0 Å². The van der Waals surface area contributed by atoms with Crippen molar-refractivity contribution in [3.8, 4) is 11.3 Å². The van der Waals surface area contributed by atoms with Gasteiger partial charge in [-0.1, -0.05) is 36.4 Å². The molecule has 4 rings (SSSR count). The third-order valence-electron chi connectivity index (χ3n) is 4.11. The summed E-state index contributed by atoms with van der Waals surface area (Å²) < 4.78 is 2.24. The molecule has 0 fully saturated rings. The van der Waals surface area contributed by atoms with Crippen LogP contribution in [0, 0.1) is 0 Å². The van der Waals surface area contributed by atoms with Crippen LogP contribution in [0.5, 0.6) is 0 Å². The standard InChI is InChI=1S/C17H15NO/c19-11-14-7-8-16-17-13(9-10-18(14)16)6-5-12-3-1-2-4-15(12)17/h1-8,19H,9-11H2. The van der Waals surface area contributed by atoms with E-state index in [2.05, 4.69) is 47.0 Å². The van der Waals surface area contributed by atoms with E-state index in [4.69, 9.17) is 0 Å². The molecular weight excluding hydrogens is 234 g/mol. The van der Waals surface area contributed by atoms with Crippen molar-refractivity contribution in [1.82, 2.24) is 4.57 Å². The number of fused-ring (bicyclic) bond motifs is 5. The van der Waals surface area contributed by atoms with Gasteiger partial charge in [-0.2, -0.15) is 0 Å². The van der Waals surface area contributed by atoms with Crippen molar-refractivity contribution >= 4 is 10.8 Å². The van der Waals surface area contributed by atoms with E-state index in [1.165, 1.54) is 27.6 Å². The summed E-state index contributed by atoms with van der Waals surface area (Å²) >= 11 is 0. The molecule has 2 heterocycles. The predicted molar refractivity (Wildman–Crippen MR) is 77.0 cm³/mol. The van der Waals surface area contributed by atoms with Crippen LogP contribution in [0.15, 0.2) is 48.5 Å². The first-order valence-corrected chi connectivity index (χ1v) is 6.69. The van der Waals surface area contributed by atoms with Gasteiger partial charge in [-0.15, -0.1) is 0 Å². The van der Waals surface area contributed by atoms with Crippen LogP contribution in [0.2, 0.25) is 0 Å². The maximum atomic E-state index is 9.42. The number of rotatable bonds is 1. The van der Waals surface area contributed by atoms with Crippen molar-refractivity contribution in [1.29, 1.82) is 0 Å². The highest BCUT2D eigenvalue weighted by Crippen LogP contribution is 2.37. The van der Waals surface area contributed by atoms with Crippen molar-refractivity contribution in [2.24, 2.45) is 0 Å². The van der Waals surface area contributed by atoms with Crippen LogP contribution in [-0.2, 0) is 19.6 Å². The average Bonchev–Trinajstić information content (AvgIpc) is 2.89. The molecule has 1 aliphatic rings. The summed E-state index contributed by atoms with van der Waals surface area (Å²) in [7, 11) is 0. The molecule has 19 heavy (non-hydrogen) atoms. The molecule has 3 aromatic rings. The van der Waals surface area contributed by atoms with Crippen molar-refractivity contribution in [3.05, 3.63) is 59.8 Å². The minimum atomic E-state index is 0.111. The van der Waals surface area contributed by atoms with Gasteiger partial charge < -0.3 is 9.67 Å². The van der Waals surface area contributed by atoms with E-state index < -0.39 is 0 Å². The molecule has 0 amide bonds. The van der Waals surface area contributed by atoms with Crippen molar-refractivity contribution in [2.45, 2.75) is 19.6 Å². The molecule has 0 unspecified atom stereocenters. The zero-order valence-electron chi connectivity index (χ0n) is 10.6. The average molecular weight is 249 g/mol. The second kappa shape index (κ2) is 3.97. The second-order valence-electron chi connectivity index (χ2n) is 5.09. The predicted octanol–water partition coefficient (Wildman–Crippen LogP) is 3.36. The van der Waals surface area contributed by atoms with Gasteiger partial charge in [-0.3, -0.25) is 0 Å². The number of nitrogens with zero attached hydrogens (tertiary/aromatic N) is 1. The number of hydrogen-bond acceptors (Lipinski definition) is 1. The van der Waals surface area contributed by atoms with Crippen LogP contribution in [0.4, 0.5) is 0 Å². The minimum Gasteiger partial charge on any atom is -0.390 e. The first kappa shape index (κ1) is 10.8. The molecule has 2 heteroatoms. The molecule has 0 spiro atoms. The Morgan fingerprint density at radius 3 is 2.79 bits per heavy atom. The number of aryl methyl sites for hydroxylation is 1. The van der Waals surface area contributed by atoms with Crippen LogP contribution in [0.3, 0.4) is 0 Å². The summed E-state index contributed by atoms with van der Waals surface area (Å²) in [5.41, 5.74) is 4.99. The molecule has 2 nitrogen and oxygen atoms in total. The Kier molecular flexibility index (Phi) is 2.26. The maximum Gasteiger partial charge on any atom is 0.0833 e. The van der Waals surface area contributed by atoms with E-state index in [-0.39, 0.29) is 6.61 Å². The molecule has 0 bridgehead atoms. The van der Waals surface area contributed by atoms with E-state index in [9.17, 15) is 5.11 Å². The number of hydrogen-bond donors (Lipinski definition) is 1. The topological polar surface area (TPSA) is 25.2 Å². The zero-order valence-corrected chi connectivity index (χ0v) is 10.6. The van der Waals surface area contributed by atoms with Gasteiger partial charge >= 0.3 is 0 Å². The number of benzene rings is 2. The normalized spacial score (nSPS) is 13.3. The molecule has 0 atom stereocenters. The highest BCUT2D eigenvalue weighted by atomic mass is 16.3. The van der Waals surface area contributed by atoms with E-state index in [1.807, 2.05) is 6.07 Å². The molecule has 2 aromatic carbocycles. The summed E-state index contributed by atoms with van der Waals surface area (Å²) in [6.45, 7) is 1.07. The summed E-state index contributed by atoms with van der Waals surface area (Å²) in [6.07, 6.45) is 1.04. The van der Waals surface area contributed by atoms with Gasteiger partial charge in [0.05, 0.1) is 6.61 Å². The Labute approximate surface area is 111 Å². The van der Waals surface area contributed by atoms with Crippen molar-refractivity contribution in [2.75, 3.05) is 0 Å². The SMILES string of the molecule is OCc1ccc2n1CCc1ccc3ccccc3c1-2. The molecule has 0 saturated heterocycles. The van der Waals surface area contributed by atoms with Gasteiger partial charge in [0.2, 0.25) is 0 Å². The summed E-state index contributed by atoms with van der Waals surface area (Å²) in [5.74, 6) is 0. The molecule has 1 aliphatic heterocycles. The Morgan fingerprint density at radius 1 is 1.00 bits per heavy atom. The van der Waals surface area contributed by atoms with Gasteiger partial charge in [-0.25, -0.2) is 0 Å². The number of aliphatic hydroxyl groups excluding tert-OH is 1. The highest BCUT2D eigenvalue weighted by molar-refractivity contribution is 5.98. The van der Waals surface area contributed by atoms with Gasteiger partial charge in [0.1, 0.15) is 0 Å². The fourth-order valence-corrected chi connectivity index (χ4v) is 3.19. The van der Waals surface area contributed by atoms with E-state index in [0.29, 0.717) is 0 Å². The lowest BCUT2D eigenvalue weighted by molar-refractivity contribution is 0.270. The lowest BCUT2D eigenvalue weighted by atomic mass is 9.93. The van der Waals surface area contributed by atoms with Crippen LogP contribution in [-0.4, -0.2) is 9.67 Å². The maximum absolute atomic E-state index is 9.42.